The van der Waals surface area contributed by atoms with E-state index in [0.717, 1.165) is 0 Å². The van der Waals surface area contributed by atoms with Gasteiger partial charge in [0.15, 0.2) is 5.16 Å². The van der Waals surface area contributed by atoms with E-state index in [0.29, 0.717) is 5.71 Å². The third kappa shape index (κ3) is 4.91. The summed E-state index contributed by atoms with van der Waals surface area (Å²) in [6.45, 7) is 8.53. The highest BCUT2D eigenvalue weighted by molar-refractivity contribution is 6.66. The van der Waals surface area contributed by atoms with Gasteiger partial charge in [0.1, 0.15) is 0 Å². The fourth-order valence-electron chi connectivity index (χ4n) is 0.337. The molecule has 0 aromatic heterocycles. The lowest BCUT2D eigenvalue weighted by molar-refractivity contribution is 1.49. The highest BCUT2D eigenvalue weighted by Crippen LogP contribution is 2.03. The molecule has 0 atom stereocenters. The first-order chi connectivity index (χ1) is 5.60. The maximum absolute atomic E-state index is 5.57. The molecule has 4 heteroatoms. The average molecular weight is 203 g/mol. The summed E-state index contributed by atoms with van der Waals surface area (Å²) in [5, 5.41) is 0.120. The topological polar surface area (TPSA) is 24.7 Å². The molecule has 0 bridgehead atoms. The summed E-state index contributed by atoms with van der Waals surface area (Å²) < 4.78 is 0. The molecule has 0 aliphatic heterocycles. The van der Waals surface area contributed by atoms with E-state index in [1.807, 2.05) is 0 Å². The van der Waals surface area contributed by atoms with Gasteiger partial charge in [-0.3, -0.25) is 0 Å². The highest BCUT2D eigenvalue weighted by atomic mass is 35.5. The molecule has 0 aliphatic carbocycles. The largest absolute Gasteiger partial charge is 0.224 e. The van der Waals surface area contributed by atoms with Crippen molar-refractivity contribution in [2.45, 2.75) is 6.92 Å². The molecule has 0 aromatic carbocycles. The van der Waals surface area contributed by atoms with Gasteiger partial charge >= 0.3 is 0 Å². The van der Waals surface area contributed by atoms with Gasteiger partial charge in [0.05, 0.1) is 0 Å². The van der Waals surface area contributed by atoms with Crippen molar-refractivity contribution in [3.05, 3.63) is 30.1 Å². The maximum Gasteiger partial charge on any atom is 0.224 e. The molecule has 0 rings (SSSR count). The standard InChI is InChI=1S/C8H8Cl2N2/c1-4-6(3)11-8(10)12-7(9)5-2/h4H,1-2H2,3H3/b11-6+,12-8-. The normalized spacial score (nSPS) is 12.2. The number of hydrogen-bond donors (Lipinski definition) is 0. The smallest absolute Gasteiger partial charge is 0.223 e. The highest BCUT2D eigenvalue weighted by Gasteiger charge is 1.91. The van der Waals surface area contributed by atoms with Crippen LogP contribution in [0.15, 0.2) is 40.1 Å². The molecule has 0 saturated heterocycles. The van der Waals surface area contributed by atoms with Crippen LogP contribution in [-0.2, 0) is 0 Å². The van der Waals surface area contributed by atoms with Crippen molar-refractivity contribution in [2.24, 2.45) is 9.98 Å². The number of halogens is 2. The summed E-state index contributed by atoms with van der Waals surface area (Å²) in [6.07, 6.45) is 1.56. The lowest BCUT2D eigenvalue weighted by atomic mass is 10.4. The van der Waals surface area contributed by atoms with Gasteiger partial charge in [-0.05, 0) is 24.6 Å². The van der Waals surface area contributed by atoms with E-state index in [-0.39, 0.29) is 10.5 Å². The van der Waals surface area contributed by atoms with Gasteiger partial charge in [-0.15, -0.1) is 0 Å². The fourth-order valence-corrected chi connectivity index (χ4v) is 0.678. The van der Waals surface area contributed by atoms with Gasteiger partial charge in [-0.25, -0.2) is 4.99 Å². The molecule has 0 unspecified atom stereocenters. The predicted octanol–water partition coefficient (Wildman–Crippen LogP) is 3.09. The molecule has 0 aliphatic rings. The Kier molecular flexibility index (Phi) is 5.39. The van der Waals surface area contributed by atoms with Crippen LogP contribution < -0.4 is 0 Å². The van der Waals surface area contributed by atoms with E-state index in [4.69, 9.17) is 23.2 Å². The molecule has 0 radical (unpaired) electrons. The lowest BCUT2D eigenvalue weighted by Gasteiger charge is -1.89. The van der Waals surface area contributed by atoms with Crippen LogP contribution in [0.25, 0.3) is 0 Å². The third-order valence-corrected chi connectivity index (χ3v) is 1.29. The fraction of sp³-hybridized carbons (Fsp3) is 0.125. The van der Waals surface area contributed by atoms with Crippen LogP contribution in [0.1, 0.15) is 6.92 Å². The zero-order chi connectivity index (χ0) is 9.56. The average Bonchev–Trinajstić information content (AvgIpc) is 2.03. The Labute approximate surface area is 81.6 Å². The second-order valence-electron chi connectivity index (χ2n) is 1.81. The second-order valence-corrected chi connectivity index (χ2v) is 2.50. The molecule has 2 nitrogen and oxygen atoms in total. The minimum atomic E-state index is 0.0357. The summed E-state index contributed by atoms with van der Waals surface area (Å²) in [5.74, 6) is 0. The van der Waals surface area contributed by atoms with Crippen LogP contribution in [0.2, 0.25) is 0 Å². The van der Waals surface area contributed by atoms with E-state index >= 15 is 0 Å². The van der Waals surface area contributed by atoms with Crippen LogP contribution >= 0.6 is 23.2 Å². The third-order valence-electron chi connectivity index (χ3n) is 0.900. The Bertz CT molecular complexity index is 283. The summed E-state index contributed by atoms with van der Waals surface area (Å²) in [4.78, 5) is 7.46. The number of aliphatic imine (C=N–C) groups is 2. The first-order valence-electron chi connectivity index (χ1n) is 3.07. The summed E-state index contributed by atoms with van der Waals surface area (Å²) in [7, 11) is 0. The Morgan fingerprint density at radius 1 is 1.42 bits per heavy atom. The zero-order valence-corrected chi connectivity index (χ0v) is 8.15. The monoisotopic (exact) mass is 202 g/mol. The number of allylic oxidation sites excluding steroid dienone is 1. The van der Waals surface area contributed by atoms with E-state index < -0.39 is 0 Å². The first-order valence-corrected chi connectivity index (χ1v) is 3.83. The Hall–Kier alpha value is -0.820. The molecule has 0 aromatic rings. The van der Waals surface area contributed by atoms with Crippen molar-refractivity contribution in [3.63, 3.8) is 0 Å². The van der Waals surface area contributed by atoms with Gasteiger partial charge in [0.25, 0.3) is 0 Å². The molecule has 12 heavy (non-hydrogen) atoms. The van der Waals surface area contributed by atoms with Crippen molar-refractivity contribution in [3.8, 4) is 0 Å². The van der Waals surface area contributed by atoms with Crippen LogP contribution in [0.4, 0.5) is 0 Å². The van der Waals surface area contributed by atoms with Crippen molar-refractivity contribution in [1.29, 1.82) is 0 Å². The summed E-state index contributed by atoms with van der Waals surface area (Å²) in [6, 6.07) is 0. The van der Waals surface area contributed by atoms with Crippen LogP contribution in [0, 0.1) is 0 Å². The quantitative estimate of drug-likeness (QED) is 0.285. The molecular formula is C8H8Cl2N2. The van der Waals surface area contributed by atoms with Crippen molar-refractivity contribution in [2.75, 3.05) is 0 Å². The number of hydrogen-bond acceptors (Lipinski definition) is 1. The molecule has 64 valence electrons. The number of nitrogens with zero attached hydrogens (tertiary/aromatic N) is 2. The van der Waals surface area contributed by atoms with E-state index in [9.17, 15) is 0 Å². The van der Waals surface area contributed by atoms with E-state index in [2.05, 4.69) is 28.9 Å². The zero-order valence-electron chi connectivity index (χ0n) is 6.64. The van der Waals surface area contributed by atoms with Crippen LogP contribution in [0.3, 0.4) is 0 Å². The SMILES string of the molecule is C=C=C(Cl)/N=C(Cl)\N=C(/C)C=C. The van der Waals surface area contributed by atoms with Crippen molar-refractivity contribution in [1.82, 2.24) is 0 Å². The Morgan fingerprint density at radius 2 is 2.00 bits per heavy atom. The van der Waals surface area contributed by atoms with Gasteiger partial charge in [0.2, 0.25) is 5.29 Å². The van der Waals surface area contributed by atoms with Gasteiger partial charge in [-0.1, -0.05) is 30.5 Å². The number of rotatable bonds is 2. The molecule has 0 saturated carbocycles. The molecule has 0 N–H and O–H groups in total. The first kappa shape index (κ1) is 11.2. The molecular weight excluding hydrogens is 195 g/mol. The van der Waals surface area contributed by atoms with Gasteiger partial charge < -0.3 is 0 Å². The minimum absolute atomic E-state index is 0.0357. The molecule has 0 fully saturated rings. The lowest BCUT2D eigenvalue weighted by Crippen LogP contribution is -1.89. The Balaban J connectivity index is 4.61. The van der Waals surface area contributed by atoms with Crippen molar-refractivity contribution < 1.29 is 0 Å². The minimum Gasteiger partial charge on any atom is -0.223 e. The molecule has 0 spiro atoms. The Morgan fingerprint density at radius 3 is 2.42 bits per heavy atom. The summed E-state index contributed by atoms with van der Waals surface area (Å²) >= 11 is 11.0. The van der Waals surface area contributed by atoms with Gasteiger partial charge in [0, 0.05) is 5.71 Å². The maximum atomic E-state index is 5.57. The van der Waals surface area contributed by atoms with E-state index in [1.54, 1.807) is 13.0 Å². The predicted molar refractivity (Wildman–Crippen MR) is 55.1 cm³/mol. The van der Waals surface area contributed by atoms with Gasteiger partial charge in [-0.2, -0.15) is 4.99 Å². The van der Waals surface area contributed by atoms with E-state index in [1.165, 1.54) is 0 Å². The number of amidine groups is 1. The second kappa shape index (κ2) is 5.78. The van der Waals surface area contributed by atoms with Crippen LogP contribution in [-0.4, -0.2) is 11.0 Å². The van der Waals surface area contributed by atoms with Crippen molar-refractivity contribution >= 4 is 34.2 Å². The summed E-state index contributed by atoms with van der Waals surface area (Å²) in [5.41, 5.74) is 3.02. The van der Waals surface area contributed by atoms with Crippen LogP contribution in [0.5, 0.6) is 0 Å². The molecule has 0 heterocycles. The molecule has 0 amide bonds.